The Labute approximate surface area is 166 Å². The van der Waals surface area contributed by atoms with E-state index < -0.39 is 11.7 Å². The van der Waals surface area contributed by atoms with E-state index >= 15 is 0 Å². The molecule has 152 valence electrons. The first-order valence-corrected chi connectivity index (χ1v) is 9.53. The largest absolute Gasteiger partial charge is 0.481 e. The number of anilines is 1. The molecule has 1 aromatic carbocycles. The summed E-state index contributed by atoms with van der Waals surface area (Å²) in [4.78, 5) is 13.4. The van der Waals surface area contributed by atoms with E-state index in [1.165, 1.54) is 13.2 Å². The number of hydrogen-bond donors (Lipinski definition) is 1. The van der Waals surface area contributed by atoms with Crippen LogP contribution >= 0.6 is 0 Å². The Kier molecular flexibility index (Phi) is 5.02. The van der Waals surface area contributed by atoms with Gasteiger partial charge in [0.25, 0.3) is 0 Å². The van der Waals surface area contributed by atoms with Gasteiger partial charge in [0.2, 0.25) is 5.88 Å². The minimum absolute atomic E-state index is 0.353. The van der Waals surface area contributed by atoms with Crippen LogP contribution < -0.4 is 10.1 Å². The van der Waals surface area contributed by atoms with E-state index in [9.17, 15) is 13.2 Å². The van der Waals surface area contributed by atoms with Gasteiger partial charge in [-0.1, -0.05) is 12.1 Å². The van der Waals surface area contributed by atoms with Crippen LogP contribution in [0.3, 0.4) is 0 Å². The highest BCUT2D eigenvalue weighted by Crippen LogP contribution is 2.37. The summed E-state index contributed by atoms with van der Waals surface area (Å²) in [5.74, 6) is 1.65. The molecule has 1 N–H and O–H groups in total. The third kappa shape index (κ3) is 3.83. The summed E-state index contributed by atoms with van der Waals surface area (Å²) in [6.45, 7) is 1.85. The Morgan fingerprint density at radius 2 is 1.93 bits per heavy atom. The average molecular weight is 402 g/mol. The summed E-state index contributed by atoms with van der Waals surface area (Å²) in [5.41, 5.74) is 1.10. The van der Waals surface area contributed by atoms with Crippen molar-refractivity contribution in [3.8, 4) is 5.88 Å². The molecular weight excluding hydrogens is 381 g/mol. The highest BCUT2D eigenvalue weighted by molar-refractivity contribution is 5.89. The number of alkyl halides is 3. The normalized spacial score (nSPS) is 17.2. The van der Waals surface area contributed by atoms with Crippen molar-refractivity contribution in [2.24, 2.45) is 0 Å². The molecular formula is C21H21F3N4O. The van der Waals surface area contributed by atoms with E-state index in [1.54, 1.807) is 18.3 Å². The minimum Gasteiger partial charge on any atom is -0.481 e. The summed E-state index contributed by atoms with van der Waals surface area (Å²) in [6.07, 6.45) is -0.464. The van der Waals surface area contributed by atoms with Gasteiger partial charge in [-0.3, -0.25) is 0 Å². The zero-order valence-electron chi connectivity index (χ0n) is 16.2. The van der Waals surface area contributed by atoms with Crippen molar-refractivity contribution in [3.63, 3.8) is 0 Å². The van der Waals surface area contributed by atoms with Crippen molar-refractivity contribution < 1.29 is 17.9 Å². The third-order valence-corrected chi connectivity index (χ3v) is 5.23. The predicted molar refractivity (Wildman–Crippen MR) is 104 cm³/mol. The summed E-state index contributed by atoms with van der Waals surface area (Å²) < 4.78 is 46.0. The van der Waals surface area contributed by atoms with Crippen LogP contribution in [0.4, 0.5) is 19.0 Å². The highest BCUT2D eigenvalue weighted by Gasteiger charge is 2.34. The minimum atomic E-state index is -4.38. The zero-order chi connectivity index (χ0) is 20.6. The van der Waals surface area contributed by atoms with Crippen LogP contribution in [0.5, 0.6) is 5.88 Å². The van der Waals surface area contributed by atoms with Crippen molar-refractivity contribution in [3.05, 3.63) is 53.0 Å². The molecule has 0 spiro atoms. The molecule has 8 heteroatoms. The molecule has 0 saturated heterocycles. The Morgan fingerprint density at radius 3 is 2.69 bits per heavy atom. The van der Waals surface area contributed by atoms with Crippen molar-refractivity contribution in [2.75, 3.05) is 12.4 Å². The molecule has 0 unspecified atom stereocenters. The van der Waals surface area contributed by atoms with Gasteiger partial charge in [-0.15, -0.1) is 0 Å². The molecule has 2 bridgehead atoms. The fourth-order valence-corrected chi connectivity index (χ4v) is 3.82. The lowest BCUT2D eigenvalue weighted by Crippen LogP contribution is -2.16. The SMILES string of the molecule is COc1cc2c3nc(nc2cn1)CCCCc1c(cccc1C(F)(F)F)[C@@H](C)N3. The van der Waals surface area contributed by atoms with Crippen molar-refractivity contribution >= 4 is 16.7 Å². The topological polar surface area (TPSA) is 59.9 Å². The average Bonchev–Trinajstić information content (AvgIpc) is 2.71. The summed E-state index contributed by atoms with van der Waals surface area (Å²) in [5, 5.41) is 4.03. The molecule has 1 aliphatic rings. The van der Waals surface area contributed by atoms with Gasteiger partial charge in [-0.05, 0) is 43.4 Å². The fourth-order valence-electron chi connectivity index (χ4n) is 3.82. The summed E-state index contributed by atoms with van der Waals surface area (Å²) >= 11 is 0. The van der Waals surface area contributed by atoms with E-state index in [1.807, 2.05) is 6.92 Å². The van der Waals surface area contributed by atoms with Gasteiger partial charge < -0.3 is 10.1 Å². The first-order valence-electron chi connectivity index (χ1n) is 9.53. The van der Waals surface area contributed by atoms with Gasteiger partial charge in [-0.2, -0.15) is 13.2 Å². The second kappa shape index (κ2) is 7.50. The number of nitrogens with one attached hydrogen (secondary N) is 1. The Bertz CT molecular complexity index is 1050. The Hall–Kier alpha value is -2.90. The Morgan fingerprint density at radius 1 is 1.14 bits per heavy atom. The van der Waals surface area contributed by atoms with Crippen molar-refractivity contribution in [1.82, 2.24) is 15.0 Å². The van der Waals surface area contributed by atoms with Crippen LogP contribution in [0.25, 0.3) is 10.9 Å². The number of halogens is 3. The predicted octanol–water partition coefficient (Wildman–Crippen LogP) is 5.10. The van der Waals surface area contributed by atoms with E-state index in [-0.39, 0.29) is 6.04 Å². The van der Waals surface area contributed by atoms with Crippen LogP contribution in [0.15, 0.2) is 30.5 Å². The van der Waals surface area contributed by atoms with E-state index in [2.05, 4.69) is 20.3 Å². The number of pyridine rings is 1. The van der Waals surface area contributed by atoms with Gasteiger partial charge in [0.15, 0.2) is 0 Å². The first kappa shape index (κ1) is 19.4. The standard InChI is InChI=1S/C21H21F3N4O/c1-12-13-7-5-8-16(21(22,23)24)14(13)6-3-4-9-18-27-17-11-25-19(29-2)10-15(17)20(26-12)28-18/h5,7-8,10-12H,3-4,6,9H2,1-2H3,(H,26,27,28)/t12-/m1/s1. The molecule has 3 aromatic rings. The highest BCUT2D eigenvalue weighted by atomic mass is 19.4. The molecule has 3 heterocycles. The number of hydrogen-bond acceptors (Lipinski definition) is 5. The number of aromatic nitrogens is 3. The van der Waals surface area contributed by atoms with E-state index in [4.69, 9.17) is 4.74 Å². The number of fused-ring (bicyclic) bond motifs is 5. The molecule has 0 fully saturated rings. The maximum atomic E-state index is 13.6. The lowest BCUT2D eigenvalue weighted by molar-refractivity contribution is -0.138. The zero-order valence-corrected chi connectivity index (χ0v) is 16.2. The van der Waals surface area contributed by atoms with E-state index in [0.29, 0.717) is 59.8 Å². The summed E-state index contributed by atoms with van der Waals surface area (Å²) in [6, 6.07) is 5.76. The second-order valence-electron chi connectivity index (χ2n) is 7.18. The lowest BCUT2D eigenvalue weighted by Gasteiger charge is -2.22. The van der Waals surface area contributed by atoms with Crippen molar-refractivity contribution in [1.29, 1.82) is 0 Å². The van der Waals surface area contributed by atoms with Gasteiger partial charge >= 0.3 is 6.18 Å². The number of methoxy groups -OCH3 is 1. The molecule has 0 aliphatic carbocycles. The van der Waals surface area contributed by atoms with E-state index in [0.717, 1.165) is 11.5 Å². The molecule has 0 radical (unpaired) electrons. The molecule has 29 heavy (non-hydrogen) atoms. The maximum Gasteiger partial charge on any atom is 0.416 e. The number of aryl methyl sites for hydroxylation is 1. The first-order chi connectivity index (χ1) is 13.9. The summed E-state index contributed by atoms with van der Waals surface area (Å²) in [7, 11) is 1.52. The van der Waals surface area contributed by atoms with Gasteiger partial charge in [0.1, 0.15) is 11.6 Å². The molecule has 1 aliphatic heterocycles. The molecule has 5 nitrogen and oxygen atoms in total. The third-order valence-electron chi connectivity index (χ3n) is 5.23. The number of rotatable bonds is 1. The molecule has 0 amide bonds. The maximum absolute atomic E-state index is 13.6. The molecule has 2 aromatic heterocycles. The number of benzene rings is 1. The van der Waals surface area contributed by atoms with Crippen LogP contribution in [0.1, 0.15) is 48.3 Å². The van der Waals surface area contributed by atoms with Crippen LogP contribution in [0, 0.1) is 0 Å². The van der Waals surface area contributed by atoms with Crippen molar-refractivity contribution in [2.45, 2.75) is 44.8 Å². The van der Waals surface area contributed by atoms with Gasteiger partial charge in [0.05, 0.1) is 30.4 Å². The Balaban J connectivity index is 1.85. The van der Waals surface area contributed by atoms with Gasteiger partial charge in [-0.25, -0.2) is 15.0 Å². The molecule has 1 atom stereocenters. The lowest BCUT2D eigenvalue weighted by atomic mass is 9.92. The second-order valence-corrected chi connectivity index (χ2v) is 7.18. The molecule has 0 saturated carbocycles. The van der Waals surface area contributed by atoms with Crippen LogP contribution in [-0.4, -0.2) is 22.1 Å². The van der Waals surface area contributed by atoms with Crippen LogP contribution in [-0.2, 0) is 19.0 Å². The number of nitrogens with zero attached hydrogens (tertiary/aromatic N) is 3. The van der Waals surface area contributed by atoms with Crippen LogP contribution in [0.2, 0.25) is 0 Å². The molecule has 4 rings (SSSR count). The monoisotopic (exact) mass is 402 g/mol. The quantitative estimate of drug-likeness (QED) is 0.613. The fraction of sp³-hybridized carbons (Fsp3) is 0.381. The van der Waals surface area contributed by atoms with Gasteiger partial charge in [0, 0.05) is 17.9 Å². The smallest absolute Gasteiger partial charge is 0.416 e. The number of ether oxygens (including phenoxy) is 1.